The van der Waals surface area contributed by atoms with Crippen LogP contribution in [-0.4, -0.2) is 26.9 Å². The Hall–Kier alpha value is -2.51. The van der Waals surface area contributed by atoms with Gasteiger partial charge in [0, 0.05) is 15.6 Å². The van der Waals surface area contributed by atoms with Crippen LogP contribution in [-0.2, 0) is 11.3 Å². The van der Waals surface area contributed by atoms with Crippen LogP contribution >= 0.6 is 46.6 Å². The molecule has 1 amide bonds. The van der Waals surface area contributed by atoms with Crippen LogP contribution in [0.25, 0.3) is 11.0 Å². The number of carbonyl (C=O) groups excluding carboxylic acids is 1. The second kappa shape index (κ2) is 10.6. The van der Waals surface area contributed by atoms with Crippen molar-refractivity contribution in [3.8, 4) is 0 Å². The normalized spacial score (nSPS) is 11.7. The molecule has 9 heteroatoms. The molecule has 5 nitrogen and oxygen atoms in total. The number of rotatable bonds is 7. The molecule has 0 saturated carbocycles. The monoisotopic (exact) mass is 516 g/mol. The zero-order chi connectivity index (χ0) is 23.4. The lowest BCUT2D eigenvalue weighted by atomic mass is 10.1. The van der Waals surface area contributed by atoms with E-state index in [9.17, 15) is 4.79 Å². The highest BCUT2D eigenvalue weighted by Crippen LogP contribution is 2.26. The fourth-order valence-electron chi connectivity index (χ4n) is 3.24. The third-order valence-corrected chi connectivity index (χ3v) is 6.65. The first-order valence-electron chi connectivity index (χ1n) is 10.0. The van der Waals surface area contributed by atoms with Crippen LogP contribution in [0, 0.1) is 0 Å². The maximum atomic E-state index is 12.5. The molecule has 0 saturated heterocycles. The van der Waals surface area contributed by atoms with Crippen LogP contribution in [0.1, 0.15) is 18.1 Å². The van der Waals surface area contributed by atoms with E-state index in [0.717, 1.165) is 21.8 Å². The molecule has 0 aliphatic rings. The molecular formula is C24H19Cl3N4OS. The van der Waals surface area contributed by atoms with Gasteiger partial charge in [0.05, 0.1) is 34.1 Å². The molecule has 0 atom stereocenters. The summed E-state index contributed by atoms with van der Waals surface area (Å²) in [5.74, 6) is -0.0794. The van der Waals surface area contributed by atoms with Gasteiger partial charge in [0.15, 0.2) is 5.16 Å². The highest BCUT2D eigenvalue weighted by atomic mass is 35.5. The van der Waals surface area contributed by atoms with Gasteiger partial charge < -0.3 is 4.57 Å². The van der Waals surface area contributed by atoms with E-state index in [1.54, 1.807) is 25.1 Å². The molecule has 4 rings (SSSR count). The quantitative estimate of drug-likeness (QED) is 0.169. The fourth-order valence-corrected chi connectivity index (χ4v) is 4.72. The summed E-state index contributed by atoms with van der Waals surface area (Å²) in [5.41, 5.74) is 6.85. The van der Waals surface area contributed by atoms with Crippen LogP contribution in [0.3, 0.4) is 0 Å². The minimum Gasteiger partial charge on any atom is -0.314 e. The van der Waals surface area contributed by atoms with Crippen LogP contribution in [0.5, 0.6) is 0 Å². The average molecular weight is 518 g/mol. The summed E-state index contributed by atoms with van der Waals surface area (Å²) >= 11 is 19.5. The molecule has 0 bridgehead atoms. The molecule has 0 spiro atoms. The average Bonchev–Trinajstić information content (AvgIpc) is 3.15. The summed E-state index contributed by atoms with van der Waals surface area (Å²) in [6.07, 6.45) is 0. The predicted molar refractivity (Wildman–Crippen MR) is 138 cm³/mol. The first kappa shape index (κ1) is 23.6. The molecule has 1 heterocycles. The van der Waals surface area contributed by atoms with Crippen LogP contribution in [0.15, 0.2) is 77.0 Å². The van der Waals surface area contributed by atoms with Crippen molar-refractivity contribution in [2.24, 2.45) is 5.10 Å². The van der Waals surface area contributed by atoms with Gasteiger partial charge >= 0.3 is 0 Å². The van der Waals surface area contributed by atoms with E-state index < -0.39 is 0 Å². The number of para-hydroxylation sites is 2. The van der Waals surface area contributed by atoms with Crippen molar-refractivity contribution in [2.75, 3.05) is 5.75 Å². The van der Waals surface area contributed by atoms with Crippen molar-refractivity contribution in [3.05, 3.63) is 92.9 Å². The van der Waals surface area contributed by atoms with E-state index in [1.165, 1.54) is 11.8 Å². The van der Waals surface area contributed by atoms with E-state index >= 15 is 0 Å². The Labute approximate surface area is 210 Å². The summed E-state index contributed by atoms with van der Waals surface area (Å²) < 4.78 is 2.10. The number of fused-ring (bicyclic) bond motifs is 1. The molecule has 0 radical (unpaired) electrons. The van der Waals surface area contributed by atoms with Crippen molar-refractivity contribution >= 4 is 69.2 Å². The number of hydrazone groups is 1. The van der Waals surface area contributed by atoms with Crippen molar-refractivity contribution in [1.29, 1.82) is 0 Å². The van der Waals surface area contributed by atoms with Crippen LogP contribution in [0.2, 0.25) is 15.1 Å². The first-order valence-corrected chi connectivity index (χ1v) is 12.1. The molecule has 1 aromatic heterocycles. The fraction of sp³-hybridized carbons (Fsp3) is 0.125. The topological polar surface area (TPSA) is 59.3 Å². The Kier molecular flexibility index (Phi) is 7.60. The largest absolute Gasteiger partial charge is 0.314 e. The third kappa shape index (κ3) is 5.89. The predicted octanol–water partition coefficient (Wildman–Crippen LogP) is 6.68. The highest BCUT2D eigenvalue weighted by Gasteiger charge is 2.14. The minimum absolute atomic E-state index is 0.162. The van der Waals surface area contributed by atoms with E-state index in [-0.39, 0.29) is 11.7 Å². The zero-order valence-electron chi connectivity index (χ0n) is 17.6. The van der Waals surface area contributed by atoms with Gasteiger partial charge in [-0.3, -0.25) is 4.79 Å². The standard InChI is InChI=1S/C24H19Cl3N4OS/c1-15(19-11-10-18(26)12-20(19)27)29-30-23(32)14-33-24-28-21-4-2-3-5-22(21)31(24)13-16-6-8-17(25)9-7-16/h2-12H,13-14H2,1H3,(H,30,32). The van der Waals surface area contributed by atoms with Crippen LogP contribution in [0.4, 0.5) is 0 Å². The number of nitrogens with zero attached hydrogens (tertiary/aromatic N) is 3. The van der Waals surface area contributed by atoms with E-state index in [0.29, 0.717) is 32.9 Å². The van der Waals surface area contributed by atoms with Gasteiger partial charge in [-0.2, -0.15) is 5.10 Å². The van der Waals surface area contributed by atoms with Gasteiger partial charge in [0.2, 0.25) is 0 Å². The Balaban J connectivity index is 1.47. The smallest absolute Gasteiger partial charge is 0.250 e. The number of thioether (sulfide) groups is 1. The number of hydrogen-bond donors (Lipinski definition) is 1. The molecule has 33 heavy (non-hydrogen) atoms. The molecule has 0 fully saturated rings. The van der Waals surface area contributed by atoms with E-state index in [4.69, 9.17) is 39.8 Å². The first-order chi connectivity index (χ1) is 15.9. The molecule has 1 N–H and O–H groups in total. The Morgan fingerprint density at radius 1 is 1.03 bits per heavy atom. The van der Waals surface area contributed by atoms with Gasteiger partial charge in [-0.15, -0.1) is 0 Å². The Bertz CT molecular complexity index is 1340. The summed E-state index contributed by atoms with van der Waals surface area (Å²) in [7, 11) is 0. The number of benzene rings is 3. The lowest BCUT2D eigenvalue weighted by molar-refractivity contribution is -0.118. The molecule has 168 valence electrons. The molecule has 0 unspecified atom stereocenters. The zero-order valence-corrected chi connectivity index (χ0v) is 20.6. The van der Waals surface area contributed by atoms with Crippen LogP contribution < -0.4 is 5.43 Å². The van der Waals surface area contributed by atoms with E-state index in [1.807, 2.05) is 48.5 Å². The van der Waals surface area contributed by atoms with Gasteiger partial charge in [-0.1, -0.05) is 76.9 Å². The number of hydrogen-bond acceptors (Lipinski definition) is 4. The van der Waals surface area contributed by atoms with Gasteiger partial charge in [0.25, 0.3) is 5.91 Å². The summed E-state index contributed by atoms with van der Waals surface area (Å²) in [6.45, 7) is 2.39. The molecule has 3 aromatic carbocycles. The van der Waals surface area contributed by atoms with Crippen molar-refractivity contribution < 1.29 is 4.79 Å². The maximum absolute atomic E-state index is 12.5. The highest BCUT2D eigenvalue weighted by molar-refractivity contribution is 7.99. The van der Waals surface area contributed by atoms with Gasteiger partial charge in [0.1, 0.15) is 0 Å². The molecule has 4 aromatic rings. The lowest BCUT2D eigenvalue weighted by Crippen LogP contribution is -2.21. The number of carbonyl (C=O) groups is 1. The molecule has 0 aliphatic carbocycles. The number of nitrogens with one attached hydrogen (secondary N) is 1. The molecule has 0 aliphatic heterocycles. The molecular weight excluding hydrogens is 499 g/mol. The van der Waals surface area contributed by atoms with Crippen molar-refractivity contribution in [2.45, 2.75) is 18.6 Å². The van der Waals surface area contributed by atoms with Gasteiger partial charge in [-0.25, -0.2) is 10.4 Å². The number of halogens is 3. The minimum atomic E-state index is -0.241. The summed E-state index contributed by atoms with van der Waals surface area (Å²) in [4.78, 5) is 17.2. The Morgan fingerprint density at radius 2 is 1.76 bits per heavy atom. The summed E-state index contributed by atoms with van der Waals surface area (Å²) in [6, 6.07) is 20.7. The number of imidazole rings is 1. The Morgan fingerprint density at radius 3 is 2.52 bits per heavy atom. The van der Waals surface area contributed by atoms with Gasteiger partial charge in [-0.05, 0) is 48.9 Å². The second-order valence-electron chi connectivity index (χ2n) is 7.24. The van der Waals surface area contributed by atoms with Crippen molar-refractivity contribution in [1.82, 2.24) is 15.0 Å². The number of amides is 1. The third-order valence-electron chi connectivity index (χ3n) is 4.88. The number of aromatic nitrogens is 2. The maximum Gasteiger partial charge on any atom is 0.250 e. The summed E-state index contributed by atoms with van der Waals surface area (Å²) in [5, 5.41) is 6.63. The second-order valence-corrected chi connectivity index (χ2v) is 9.46. The van der Waals surface area contributed by atoms with Crippen molar-refractivity contribution in [3.63, 3.8) is 0 Å². The SMILES string of the molecule is CC(=NNC(=O)CSc1nc2ccccc2n1Cc1ccc(Cl)cc1)c1ccc(Cl)cc1Cl. The lowest BCUT2D eigenvalue weighted by Gasteiger charge is -2.09. The van der Waals surface area contributed by atoms with E-state index in [2.05, 4.69) is 15.1 Å².